The SMILES string of the molecule is CC/C=C/C/C=C/CCCCCCCCCC(=O)OC1C(OCC(NC(=O)C(O)CCCCCCCC/C=C/C/C=C/CC)C(O)/C=C/CCCCCCCCCCCC)OC(CO)C(O)C1O. The Bertz CT molecular complexity index is 1330. The first kappa shape index (κ1) is 63.4. The quantitative estimate of drug-likeness (QED) is 0.0196. The van der Waals surface area contributed by atoms with Gasteiger partial charge in [0.05, 0.1) is 25.4 Å². The summed E-state index contributed by atoms with van der Waals surface area (Å²) in [4.78, 5) is 26.4. The highest BCUT2D eigenvalue weighted by molar-refractivity contribution is 5.80. The van der Waals surface area contributed by atoms with Gasteiger partial charge in [0.25, 0.3) is 0 Å². The monoisotopic (exact) mass is 960 g/mol. The number of nitrogens with one attached hydrogen (secondary N) is 1. The van der Waals surface area contributed by atoms with Crippen LogP contribution < -0.4 is 5.32 Å². The van der Waals surface area contributed by atoms with Crippen LogP contribution in [0.4, 0.5) is 0 Å². The molecule has 1 aliphatic heterocycles. The molecule has 11 heteroatoms. The van der Waals surface area contributed by atoms with E-state index in [1.54, 1.807) is 6.08 Å². The Morgan fingerprint density at radius 3 is 1.57 bits per heavy atom. The molecule has 1 amide bonds. The summed E-state index contributed by atoms with van der Waals surface area (Å²) in [6, 6.07) is -1.03. The minimum atomic E-state index is -1.62. The van der Waals surface area contributed by atoms with Crippen molar-refractivity contribution in [1.29, 1.82) is 0 Å². The number of carbonyl (C=O) groups excluding carboxylic acids is 2. The molecule has 0 saturated carbocycles. The van der Waals surface area contributed by atoms with E-state index >= 15 is 0 Å². The van der Waals surface area contributed by atoms with Crippen molar-refractivity contribution in [2.45, 2.75) is 275 Å². The fourth-order valence-corrected chi connectivity index (χ4v) is 8.31. The zero-order valence-electron chi connectivity index (χ0n) is 43.2. The van der Waals surface area contributed by atoms with Gasteiger partial charge in [-0.1, -0.05) is 204 Å². The lowest BCUT2D eigenvalue weighted by atomic mass is 9.99. The zero-order valence-corrected chi connectivity index (χ0v) is 43.2. The summed E-state index contributed by atoms with van der Waals surface area (Å²) >= 11 is 0. The van der Waals surface area contributed by atoms with Crippen molar-refractivity contribution >= 4 is 11.9 Å². The molecule has 0 aliphatic carbocycles. The van der Waals surface area contributed by atoms with E-state index in [4.69, 9.17) is 14.2 Å². The van der Waals surface area contributed by atoms with Crippen LogP contribution in [-0.4, -0.2) is 99.6 Å². The molecule has 0 radical (unpaired) electrons. The number of allylic oxidation sites excluding steroid dienone is 9. The molecule has 394 valence electrons. The van der Waals surface area contributed by atoms with Gasteiger partial charge in [0, 0.05) is 6.42 Å². The molecule has 8 atom stereocenters. The average molecular weight is 960 g/mol. The van der Waals surface area contributed by atoms with Crippen LogP contribution in [0.3, 0.4) is 0 Å². The summed E-state index contributed by atoms with van der Waals surface area (Å²) in [6.07, 6.45) is 44.1. The van der Waals surface area contributed by atoms with Gasteiger partial charge in [-0.3, -0.25) is 9.59 Å². The lowest BCUT2D eigenvalue weighted by molar-refractivity contribution is -0.305. The Morgan fingerprint density at radius 2 is 1.06 bits per heavy atom. The van der Waals surface area contributed by atoms with E-state index < -0.39 is 67.4 Å². The fraction of sp³-hybridized carbons (Fsp3) is 0.789. The van der Waals surface area contributed by atoms with E-state index in [2.05, 4.69) is 74.7 Å². The van der Waals surface area contributed by atoms with E-state index in [9.17, 15) is 35.1 Å². The van der Waals surface area contributed by atoms with Crippen molar-refractivity contribution in [3.63, 3.8) is 0 Å². The number of aliphatic hydroxyl groups is 5. The number of carbonyl (C=O) groups is 2. The molecule has 8 unspecified atom stereocenters. The second-order valence-corrected chi connectivity index (χ2v) is 18.9. The molecule has 1 aliphatic rings. The summed E-state index contributed by atoms with van der Waals surface area (Å²) in [6.45, 7) is 5.54. The predicted octanol–water partition coefficient (Wildman–Crippen LogP) is 11.9. The Kier molecular flexibility index (Phi) is 42.4. The molecule has 1 saturated heterocycles. The number of hydrogen-bond acceptors (Lipinski definition) is 10. The minimum absolute atomic E-state index is 0.112. The van der Waals surface area contributed by atoms with E-state index in [0.29, 0.717) is 12.8 Å². The maximum atomic E-state index is 13.3. The van der Waals surface area contributed by atoms with Crippen molar-refractivity contribution in [2.24, 2.45) is 0 Å². The van der Waals surface area contributed by atoms with Crippen LogP contribution in [0.15, 0.2) is 60.8 Å². The normalized spacial score (nSPS) is 20.4. The number of ether oxygens (including phenoxy) is 3. The van der Waals surface area contributed by atoms with Gasteiger partial charge in [0.1, 0.15) is 24.4 Å². The number of hydrogen-bond donors (Lipinski definition) is 6. The van der Waals surface area contributed by atoms with E-state index in [1.165, 1.54) is 64.2 Å². The third-order valence-electron chi connectivity index (χ3n) is 12.7. The van der Waals surface area contributed by atoms with Crippen LogP contribution in [-0.2, 0) is 23.8 Å². The second kappa shape index (κ2) is 45.5. The molecule has 11 nitrogen and oxygen atoms in total. The molecule has 0 bridgehead atoms. The molecular formula is C57H101NO10. The molecule has 0 aromatic carbocycles. The summed E-state index contributed by atoms with van der Waals surface area (Å²) < 4.78 is 17.5. The Morgan fingerprint density at radius 1 is 0.588 bits per heavy atom. The van der Waals surface area contributed by atoms with Crippen molar-refractivity contribution in [2.75, 3.05) is 13.2 Å². The molecule has 1 fully saturated rings. The van der Waals surface area contributed by atoms with Gasteiger partial charge in [-0.2, -0.15) is 0 Å². The van der Waals surface area contributed by atoms with Crippen molar-refractivity contribution in [1.82, 2.24) is 5.32 Å². The summed E-state index contributed by atoms with van der Waals surface area (Å²) in [5.74, 6) is -1.21. The van der Waals surface area contributed by atoms with Gasteiger partial charge < -0.3 is 45.1 Å². The highest BCUT2D eigenvalue weighted by atomic mass is 16.7. The smallest absolute Gasteiger partial charge is 0.306 e. The largest absolute Gasteiger partial charge is 0.454 e. The van der Waals surface area contributed by atoms with Gasteiger partial charge in [-0.05, 0) is 77.0 Å². The molecule has 68 heavy (non-hydrogen) atoms. The first-order valence-electron chi connectivity index (χ1n) is 27.6. The molecule has 1 heterocycles. The van der Waals surface area contributed by atoms with Gasteiger partial charge in [0.2, 0.25) is 5.91 Å². The van der Waals surface area contributed by atoms with Gasteiger partial charge >= 0.3 is 5.97 Å². The molecule has 1 rings (SSSR count). The number of aliphatic hydroxyl groups excluding tert-OH is 5. The number of esters is 1. The van der Waals surface area contributed by atoms with Crippen LogP contribution in [0.2, 0.25) is 0 Å². The Balaban J connectivity index is 2.76. The highest BCUT2D eigenvalue weighted by Gasteiger charge is 2.47. The van der Waals surface area contributed by atoms with Crippen LogP contribution in [0.5, 0.6) is 0 Å². The minimum Gasteiger partial charge on any atom is -0.454 e. The average Bonchev–Trinajstić information content (AvgIpc) is 3.33. The maximum Gasteiger partial charge on any atom is 0.306 e. The van der Waals surface area contributed by atoms with Gasteiger partial charge in [-0.25, -0.2) is 0 Å². The van der Waals surface area contributed by atoms with Gasteiger partial charge in [0.15, 0.2) is 12.4 Å². The zero-order chi connectivity index (χ0) is 49.7. The number of amides is 1. The number of rotatable bonds is 45. The summed E-state index contributed by atoms with van der Waals surface area (Å²) in [7, 11) is 0. The molecule has 0 spiro atoms. The van der Waals surface area contributed by atoms with Crippen LogP contribution in [0, 0.1) is 0 Å². The third-order valence-corrected chi connectivity index (χ3v) is 12.7. The lowest BCUT2D eigenvalue weighted by Crippen LogP contribution is -2.61. The van der Waals surface area contributed by atoms with Crippen molar-refractivity contribution in [3.05, 3.63) is 60.8 Å². The summed E-state index contributed by atoms with van der Waals surface area (Å²) in [5.41, 5.74) is 0. The van der Waals surface area contributed by atoms with E-state index in [-0.39, 0.29) is 19.4 Å². The third kappa shape index (κ3) is 33.8. The molecule has 6 N–H and O–H groups in total. The summed E-state index contributed by atoms with van der Waals surface area (Å²) in [5, 5.41) is 56.7. The maximum absolute atomic E-state index is 13.3. The second-order valence-electron chi connectivity index (χ2n) is 18.9. The molecule has 0 aromatic heterocycles. The van der Waals surface area contributed by atoms with Crippen LogP contribution in [0.25, 0.3) is 0 Å². The van der Waals surface area contributed by atoms with Crippen LogP contribution >= 0.6 is 0 Å². The fourth-order valence-electron chi connectivity index (χ4n) is 8.31. The molecular weight excluding hydrogens is 859 g/mol. The first-order valence-corrected chi connectivity index (χ1v) is 27.6. The van der Waals surface area contributed by atoms with Crippen molar-refractivity contribution in [3.8, 4) is 0 Å². The standard InChI is InChI=1S/C57H101NO10/c1-4-7-10-13-16-19-22-25-27-30-33-36-39-42-45-52(62)68-55-54(64)53(63)51(46-59)67-57(55)66-47-48(49(60)43-40-37-34-31-28-24-21-18-15-12-9-6-3)58-56(65)50(61)44-41-38-35-32-29-26-23-20-17-14-11-8-5-2/h7-8,10-11,16-17,19-20,40,43,48-51,53-55,57,59-61,63-64H,4-6,9,12-15,18,21-39,41-42,44-47H2,1-3H3,(H,58,65)/b10-7+,11-8+,19-16+,20-17+,43-40+. The van der Waals surface area contributed by atoms with Crippen molar-refractivity contribution < 1.29 is 49.3 Å². The highest BCUT2D eigenvalue weighted by Crippen LogP contribution is 2.26. The predicted molar refractivity (Wildman–Crippen MR) is 278 cm³/mol. The van der Waals surface area contributed by atoms with Crippen LogP contribution in [0.1, 0.15) is 226 Å². The van der Waals surface area contributed by atoms with E-state index in [1.807, 2.05) is 6.08 Å². The van der Waals surface area contributed by atoms with E-state index in [0.717, 1.165) is 116 Å². The van der Waals surface area contributed by atoms with Gasteiger partial charge in [-0.15, -0.1) is 0 Å². The Hall–Kier alpha value is -2.64. The Labute approximate surface area is 414 Å². The topological polar surface area (TPSA) is 175 Å². The lowest BCUT2D eigenvalue weighted by Gasteiger charge is -2.41. The molecule has 0 aromatic rings. The first-order chi connectivity index (χ1) is 33.2. The number of unbranched alkanes of at least 4 members (excludes halogenated alkanes) is 23.